The molecule has 0 aromatic heterocycles. The number of unbranched alkanes of at least 4 members (excludes halogenated alkanes) is 1. The first-order valence-electron chi connectivity index (χ1n) is 19.1. The maximum Gasteiger partial charge on any atom is 0.222 e. The van der Waals surface area contributed by atoms with Gasteiger partial charge in [0, 0.05) is 31.9 Å². The maximum atomic E-state index is 11.9. The minimum atomic E-state index is -0.0158. The zero-order chi connectivity index (χ0) is 37.3. The van der Waals surface area contributed by atoms with Gasteiger partial charge < -0.3 is 57.4 Å². The lowest BCUT2D eigenvalue weighted by atomic mass is 10.0. The van der Waals surface area contributed by atoms with Gasteiger partial charge in [-0.3, -0.25) is 9.59 Å². The molecule has 0 aromatic carbocycles. The number of hydrogen-bond donors (Lipinski definition) is 1. The molecule has 0 fully saturated rings. The summed E-state index contributed by atoms with van der Waals surface area (Å²) in [5, 5.41) is 2.80. The second-order valence-corrected chi connectivity index (χ2v) is 12.5. The maximum absolute atomic E-state index is 11.9. The molecule has 0 spiro atoms. The molecule has 0 rings (SSSR count). The summed E-state index contributed by atoms with van der Waals surface area (Å²) in [6.07, 6.45) is 5.41. The number of Topliss-reactive ketones (excluding diaryl/α,β-unsaturated/α-hetero) is 1. The van der Waals surface area contributed by atoms with Crippen molar-refractivity contribution < 1.29 is 61.7 Å². The van der Waals surface area contributed by atoms with Gasteiger partial charge in [-0.2, -0.15) is 0 Å². The molecule has 0 aliphatic rings. The van der Waals surface area contributed by atoms with Gasteiger partial charge in [-0.15, -0.1) is 0 Å². The van der Waals surface area contributed by atoms with Crippen LogP contribution < -0.4 is 5.32 Å². The predicted molar refractivity (Wildman–Crippen MR) is 194 cm³/mol. The zero-order valence-corrected chi connectivity index (χ0v) is 32.5. The first-order valence-corrected chi connectivity index (χ1v) is 19.1. The fraction of sp³-hybridized carbons (Fsp3) is 0.946. The van der Waals surface area contributed by atoms with E-state index in [0.717, 1.165) is 19.3 Å². The SMILES string of the molecule is CC(C)CCCCC(=O)CCCOCCOCCOCCOCCOCCOCCOCCOCCOCCOCCOCCNC(=O)C(C)C. The van der Waals surface area contributed by atoms with E-state index in [1.165, 1.54) is 6.42 Å². The lowest BCUT2D eigenvalue weighted by Gasteiger charge is -2.09. The van der Waals surface area contributed by atoms with Crippen LogP contribution in [0.3, 0.4) is 0 Å². The molecule has 14 heteroatoms. The Kier molecular flexibility index (Phi) is 40.4. The average Bonchev–Trinajstić information content (AvgIpc) is 3.11. The Morgan fingerprint density at radius 3 is 1.00 bits per heavy atom. The number of ether oxygens (including phenoxy) is 11. The molecule has 14 nitrogen and oxygen atoms in total. The summed E-state index contributed by atoms with van der Waals surface area (Å²) in [6, 6.07) is 0. The summed E-state index contributed by atoms with van der Waals surface area (Å²) in [5.74, 6) is 1.07. The van der Waals surface area contributed by atoms with E-state index in [1.807, 2.05) is 13.8 Å². The van der Waals surface area contributed by atoms with Crippen molar-refractivity contribution >= 4 is 11.7 Å². The molecule has 304 valence electrons. The molecule has 0 atom stereocenters. The third-order valence-corrected chi connectivity index (χ3v) is 7.02. The second-order valence-electron chi connectivity index (χ2n) is 12.5. The number of amides is 1. The smallest absolute Gasteiger partial charge is 0.222 e. The van der Waals surface area contributed by atoms with Gasteiger partial charge in [0.25, 0.3) is 0 Å². The number of nitrogens with one attached hydrogen (secondary N) is 1. The third kappa shape index (κ3) is 43.0. The Balaban J connectivity index is 3.11. The van der Waals surface area contributed by atoms with Crippen molar-refractivity contribution in [1.29, 1.82) is 0 Å². The molecule has 0 bridgehead atoms. The summed E-state index contributed by atoms with van der Waals surface area (Å²) in [5.41, 5.74) is 0. The summed E-state index contributed by atoms with van der Waals surface area (Å²) in [6.45, 7) is 19.7. The third-order valence-electron chi connectivity index (χ3n) is 7.02. The summed E-state index contributed by atoms with van der Waals surface area (Å²) in [4.78, 5) is 23.3. The number of ketones is 1. The van der Waals surface area contributed by atoms with Crippen molar-refractivity contribution in [2.75, 3.05) is 152 Å². The van der Waals surface area contributed by atoms with E-state index < -0.39 is 0 Å². The summed E-state index contributed by atoms with van der Waals surface area (Å²) < 4.78 is 60.2. The molecule has 0 heterocycles. The molecule has 1 N–H and O–H groups in total. The molecule has 0 aliphatic heterocycles. The predicted octanol–water partition coefficient (Wildman–Crippen LogP) is 3.51. The van der Waals surface area contributed by atoms with Gasteiger partial charge in [-0.1, -0.05) is 40.5 Å². The largest absolute Gasteiger partial charge is 0.379 e. The molecule has 0 radical (unpaired) electrons. The fourth-order valence-corrected chi connectivity index (χ4v) is 4.12. The van der Waals surface area contributed by atoms with Crippen LogP contribution in [-0.2, 0) is 61.7 Å². The normalized spacial score (nSPS) is 11.6. The highest BCUT2D eigenvalue weighted by molar-refractivity contribution is 5.78. The number of hydrogen-bond acceptors (Lipinski definition) is 13. The molecular formula is C37H73NO13. The van der Waals surface area contributed by atoms with Crippen LogP contribution in [0.5, 0.6) is 0 Å². The van der Waals surface area contributed by atoms with E-state index in [-0.39, 0.29) is 11.8 Å². The number of carbonyl (C=O) groups is 2. The minimum Gasteiger partial charge on any atom is -0.379 e. The minimum absolute atomic E-state index is 0.0158. The first-order chi connectivity index (χ1) is 24.9. The first kappa shape index (κ1) is 49.7. The van der Waals surface area contributed by atoms with Crippen molar-refractivity contribution in [3.8, 4) is 0 Å². The molecule has 0 aliphatic carbocycles. The lowest BCUT2D eigenvalue weighted by Crippen LogP contribution is -2.31. The molecule has 0 aromatic rings. The molecule has 0 saturated carbocycles. The van der Waals surface area contributed by atoms with Crippen LogP contribution >= 0.6 is 0 Å². The highest BCUT2D eigenvalue weighted by Gasteiger charge is 2.05. The average molecular weight is 740 g/mol. The second kappa shape index (κ2) is 41.5. The highest BCUT2D eigenvalue weighted by Crippen LogP contribution is 2.09. The van der Waals surface area contributed by atoms with Gasteiger partial charge in [0.15, 0.2) is 0 Å². The van der Waals surface area contributed by atoms with E-state index in [4.69, 9.17) is 52.1 Å². The molecule has 51 heavy (non-hydrogen) atoms. The van der Waals surface area contributed by atoms with Gasteiger partial charge in [-0.05, 0) is 18.8 Å². The Morgan fingerprint density at radius 1 is 0.392 bits per heavy atom. The van der Waals surface area contributed by atoms with E-state index in [1.54, 1.807) is 0 Å². The van der Waals surface area contributed by atoms with Crippen molar-refractivity contribution in [3.05, 3.63) is 0 Å². The van der Waals surface area contributed by atoms with Crippen LogP contribution in [0.2, 0.25) is 0 Å². The summed E-state index contributed by atoms with van der Waals surface area (Å²) in [7, 11) is 0. The van der Waals surface area contributed by atoms with Crippen LogP contribution in [0.25, 0.3) is 0 Å². The monoisotopic (exact) mass is 740 g/mol. The van der Waals surface area contributed by atoms with Gasteiger partial charge in [0.1, 0.15) is 5.78 Å². The van der Waals surface area contributed by atoms with Crippen molar-refractivity contribution in [3.63, 3.8) is 0 Å². The van der Waals surface area contributed by atoms with Gasteiger partial charge in [0.05, 0.1) is 139 Å². The summed E-state index contributed by atoms with van der Waals surface area (Å²) >= 11 is 0. The zero-order valence-electron chi connectivity index (χ0n) is 32.5. The van der Waals surface area contributed by atoms with Crippen LogP contribution in [0.15, 0.2) is 0 Å². The molecule has 0 unspecified atom stereocenters. The van der Waals surface area contributed by atoms with Crippen molar-refractivity contribution in [2.45, 2.75) is 66.2 Å². The van der Waals surface area contributed by atoms with Crippen LogP contribution in [0.4, 0.5) is 0 Å². The van der Waals surface area contributed by atoms with Gasteiger partial charge in [0.2, 0.25) is 5.91 Å². The standard InChI is InChI=1S/C37H73NO13/c1-34(2)8-5-6-9-36(39)10-7-12-41-14-16-43-18-20-45-22-24-47-26-28-49-30-32-51-33-31-50-29-27-48-25-23-46-21-19-44-17-15-42-13-11-38-37(40)35(3)4/h34-35H,5-33H2,1-4H3,(H,38,40). The van der Waals surface area contributed by atoms with E-state index in [9.17, 15) is 9.59 Å². The van der Waals surface area contributed by atoms with Crippen LogP contribution in [0.1, 0.15) is 66.2 Å². The quantitative estimate of drug-likeness (QED) is 0.0911. The fourth-order valence-electron chi connectivity index (χ4n) is 4.12. The van der Waals surface area contributed by atoms with Crippen LogP contribution in [-0.4, -0.2) is 164 Å². The van der Waals surface area contributed by atoms with E-state index in [2.05, 4.69) is 19.2 Å². The van der Waals surface area contributed by atoms with Gasteiger partial charge >= 0.3 is 0 Å². The lowest BCUT2D eigenvalue weighted by molar-refractivity contribution is -0.124. The van der Waals surface area contributed by atoms with Crippen molar-refractivity contribution in [1.82, 2.24) is 5.32 Å². The molecule has 0 saturated heterocycles. The molecular weight excluding hydrogens is 666 g/mol. The topological polar surface area (TPSA) is 148 Å². The molecule has 1 amide bonds. The Labute approximate surface area is 308 Å². The van der Waals surface area contributed by atoms with Crippen LogP contribution in [0, 0.1) is 11.8 Å². The van der Waals surface area contributed by atoms with E-state index >= 15 is 0 Å². The number of rotatable bonds is 43. The Bertz CT molecular complexity index is 731. The van der Waals surface area contributed by atoms with Crippen molar-refractivity contribution in [2.24, 2.45) is 11.8 Å². The Hall–Kier alpha value is -1.30. The highest BCUT2D eigenvalue weighted by atomic mass is 16.6. The number of carbonyl (C=O) groups excluding carboxylic acids is 2. The Morgan fingerprint density at radius 2 is 0.686 bits per heavy atom. The van der Waals surface area contributed by atoms with Gasteiger partial charge in [-0.25, -0.2) is 0 Å². The van der Waals surface area contributed by atoms with E-state index in [0.29, 0.717) is 176 Å².